The lowest BCUT2D eigenvalue weighted by Gasteiger charge is -2.13. The predicted octanol–water partition coefficient (Wildman–Crippen LogP) is 5.72. The van der Waals surface area contributed by atoms with E-state index < -0.39 is 0 Å². The van der Waals surface area contributed by atoms with Gasteiger partial charge in [-0.05, 0) is 42.8 Å². The molecule has 0 aliphatic carbocycles. The highest BCUT2D eigenvalue weighted by Gasteiger charge is 2.14. The third-order valence-electron chi connectivity index (χ3n) is 4.08. The maximum atomic E-state index is 12.8. The van der Waals surface area contributed by atoms with Crippen LogP contribution in [0.2, 0.25) is 0 Å². The van der Waals surface area contributed by atoms with Crippen molar-refractivity contribution in [3.8, 4) is 11.5 Å². The number of anilines is 1. The molecule has 0 spiro atoms. The molecule has 144 valence electrons. The molecule has 0 bridgehead atoms. The van der Waals surface area contributed by atoms with Gasteiger partial charge in [0.05, 0.1) is 18.8 Å². The van der Waals surface area contributed by atoms with E-state index in [4.69, 9.17) is 9.47 Å². The summed E-state index contributed by atoms with van der Waals surface area (Å²) in [5.41, 5.74) is 2.34. The molecular weight excluding hydrogens is 418 g/mol. The molecule has 0 radical (unpaired) electrons. The van der Waals surface area contributed by atoms with E-state index in [2.05, 4.69) is 33.4 Å². The van der Waals surface area contributed by atoms with Crippen LogP contribution in [0.3, 0.4) is 0 Å². The van der Waals surface area contributed by atoms with E-state index in [1.807, 2.05) is 49.4 Å². The fraction of sp³-hybridized carbons (Fsp3) is 0.174. The Hall–Kier alpha value is -2.79. The van der Waals surface area contributed by atoms with Crippen LogP contribution in [0.15, 0.2) is 77.3 Å². The molecule has 0 aromatic heterocycles. The van der Waals surface area contributed by atoms with Crippen LogP contribution in [-0.4, -0.2) is 19.1 Å². The van der Waals surface area contributed by atoms with Crippen molar-refractivity contribution in [2.45, 2.75) is 13.3 Å². The molecule has 0 unspecified atom stereocenters. The third-order valence-corrected chi connectivity index (χ3v) is 4.57. The molecule has 0 saturated carbocycles. The molecule has 0 aliphatic rings. The second-order valence-electron chi connectivity index (χ2n) is 6.14. The van der Waals surface area contributed by atoms with Gasteiger partial charge in [0.1, 0.15) is 11.5 Å². The highest BCUT2D eigenvalue weighted by molar-refractivity contribution is 9.10. The van der Waals surface area contributed by atoms with Gasteiger partial charge in [0.2, 0.25) is 0 Å². The van der Waals surface area contributed by atoms with E-state index in [0.29, 0.717) is 36.0 Å². The van der Waals surface area contributed by atoms with Gasteiger partial charge in [-0.25, -0.2) is 0 Å². The number of nitrogens with one attached hydrogen (secondary N) is 1. The summed E-state index contributed by atoms with van der Waals surface area (Å²) in [7, 11) is 0. The molecule has 1 N–H and O–H groups in total. The number of benzene rings is 3. The lowest BCUT2D eigenvalue weighted by atomic mass is 10.1. The fourth-order valence-electron chi connectivity index (χ4n) is 2.76. The van der Waals surface area contributed by atoms with Gasteiger partial charge in [0.15, 0.2) is 0 Å². The zero-order valence-corrected chi connectivity index (χ0v) is 17.2. The number of amides is 1. The monoisotopic (exact) mass is 439 g/mol. The van der Waals surface area contributed by atoms with Gasteiger partial charge in [-0.1, -0.05) is 52.3 Å². The number of carbonyl (C=O) groups excluding carboxylic acids is 1. The third kappa shape index (κ3) is 5.60. The second-order valence-corrected chi connectivity index (χ2v) is 7.06. The lowest BCUT2D eigenvalue weighted by Crippen LogP contribution is -2.14. The molecule has 5 heteroatoms. The van der Waals surface area contributed by atoms with Crippen molar-refractivity contribution in [2.24, 2.45) is 0 Å². The largest absolute Gasteiger partial charge is 0.494 e. The maximum Gasteiger partial charge on any atom is 0.259 e. The highest BCUT2D eigenvalue weighted by atomic mass is 79.9. The Morgan fingerprint density at radius 2 is 1.79 bits per heavy atom. The molecular formula is C23H22BrNO3. The average Bonchev–Trinajstić information content (AvgIpc) is 2.70. The van der Waals surface area contributed by atoms with Crippen LogP contribution in [0.5, 0.6) is 11.5 Å². The van der Waals surface area contributed by atoms with Crippen molar-refractivity contribution in [2.75, 3.05) is 18.5 Å². The fourth-order valence-corrected chi connectivity index (χ4v) is 3.12. The first-order valence-electron chi connectivity index (χ1n) is 9.16. The van der Waals surface area contributed by atoms with E-state index >= 15 is 0 Å². The molecule has 3 aromatic carbocycles. The molecule has 3 aromatic rings. The summed E-state index contributed by atoms with van der Waals surface area (Å²) in [6.07, 6.45) is 0.772. The minimum Gasteiger partial charge on any atom is -0.494 e. The first kappa shape index (κ1) is 20.0. The van der Waals surface area contributed by atoms with Crippen LogP contribution in [0, 0.1) is 0 Å². The molecule has 3 rings (SSSR count). The summed E-state index contributed by atoms with van der Waals surface area (Å²) < 4.78 is 12.2. The van der Waals surface area contributed by atoms with Gasteiger partial charge in [0.25, 0.3) is 5.91 Å². The van der Waals surface area contributed by atoms with E-state index in [1.165, 1.54) is 5.56 Å². The van der Waals surface area contributed by atoms with Gasteiger partial charge >= 0.3 is 0 Å². The Bertz CT molecular complexity index is 928. The second kappa shape index (κ2) is 9.95. The van der Waals surface area contributed by atoms with Crippen LogP contribution in [0.25, 0.3) is 0 Å². The van der Waals surface area contributed by atoms with Crippen molar-refractivity contribution >= 4 is 27.5 Å². The number of rotatable bonds is 8. The molecule has 1 amide bonds. The molecule has 28 heavy (non-hydrogen) atoms. The van der Waals surface area contributed by atoms with E-state index in [9.17, 15) is 4.79 Å². The SMILES string of the molecule is CCOc1cccc(NC(=O)c2cc(Br)ccc2OCCc2ccccc2)c1. The molecule has 0 aliphatic heterocycles. The predicted molar refractivity (Wildman–Crippen MR) is 115 cm³/mol. The maximum absolute atomic E-state index is 12.8. The number of carbonyl (C=O) groups is 1. The topological polar surface area (TPSA) is 47.6 Å². The zero-order chi connectivity index (χ0) is 19.8. The highest BCUT2D eigenvalue weighted by Crippen LogP contribution is 2.25. The summed E-state index contributed by atoms with van der Waals surface area (Å²) in [4.78, 5) is 12.8. The molecule has 0 fully saturated rings. The van der Waals surface area contributed by atoms with Crippen molar-refractivity contribution in [3.63, 3.8) is 0 Å². The Balaban J connectivity index is 1.70. The van der Waals surface area contributed by atoms with Gasteiger partial charge in [-0.2, -0.15) is 0 Å². The van der Waals surface area contributed by atoms with Crippen LogP contribution in [0.4, 0.5) is 5.69 Å². The van der Waals surface area contributed by atoms with Crippen molar-refractivity contribution in [3.05, 3.63) is 88.4 Å². The lowest BCUT2D eigenvalue weighted by molar-refractivity contribution is 0.102. The molecule has 0 saturated heterocycles. The normalized spacial score (nSPS) is 10.4. The van der Waals surface area contributed by atoms with Crippen LogP contribution in [-0.2, 0) is 6.42 Å². The minimum absolute atomic E-state index is 0.232. The first-order valence-corrected chi connectivity index (χ1v) is 9.95. The van der Waals surface area contributed by atoms with E-state index in [-0.39, 0.29) is 5.91 Å². The first-order chi connectivity index (χ1) is 13.7. The summed E-state index contributed by atoms with van der Waals surface area (Å²) in [6, 6.07) is 22.9. The number of hydrogen-bond acceptors (Lipinski definition) is 3. The van der Waals surface area contributed by atoms with Gasteiger partial charge in [0, 0.05) is 22.6 Å². The molecule has 0 heterocycles. The summed E-state index contributed by atoms with van der Waals surface area (Å²) in [5.74, 6) is 1.04. The quantitative estimate of drug-likeness (QED) is 0.487. The number of ether oxygens (including phenoxy) is 2. The molecule has 0 atom stereocenters. The van der Waals surface area contributed by atoms with Gasteiger partial charge < -0.3 is 14.8 Å². The Kier molecular flexibility index (Phi) is 7.09. The summed E-state index contributed by atoms with van der Waals surface area (Å²) >= 11 is 3.43. The average molecular weight is 440 g/mol. The van der Waals surface area contributed by atoms with Crippen molar-refractivity contribution in [1.82, 2.24) is 0 Å². The molecule has 4 nitrogen and oxygen atoms in total. The summed E-state index contributed by atoms with van der Waals surface area (Å²) in [6.45, 7) is 2.99. The van der Waals surface area contributed by atoms with Gasteiger partial charge in [-0.3, -0.25) is 4.79 Å². The Labute approximate surface area is 173 Å². The van der Waals surface area contributed by atoms with Crippen LogP contribution >= 0.6 is 15.9 Å². The number of hydrogen-bond donors (Lipinski definition) is 1. The van der Waals surface area contributed by atoms with Gasteiger partial charge in [-0.15, -0.1) is 0 Å². The smallest absolute Gasteiger partial charge is 0.259 e. The van der Waals surface area contributed by atoms with E-state index in [1.54, 1.807) is 18.2 Å². The van der Waals surface area contributed by atoms with E-state index in [0.717, 1.165) is 10.9 Å². The minimum atomic E-state index is -0.232. The van der Waals surface area contributed by atoms with Crippen LogP contribution in [0.1, 0.15) is 22.8 Å². The zero-order valence-electron chi connectivity index (χ0n) is 15.7. The standard InChI is InChI=1S/C23H22BrNO3/c1-2-27-20-10-6-9-19(16-20)25-23(26)21-15-18(24)11-12-22(21)28-14-13-17-7-4-3-5-8-17/h3-12,15-16H,2,13-14H2,1H3,(H,25,26). The summed E-state index contributed by atoms with van der Waals surface area (Å²) in [5, 5.41) is 2.91. The Morgan fingerprint density at radius 1 is 0.964 bits per heavy atom. The number of halogens is 1. The van der Waals surface area contributed by atoms with Crippen molar-refractivity contribution in [1.29, 1.82) is 0 Å². The van der Waals surface area contributed by atoms with Crippen LogP contribution < -0.4 is 14.8 Å². The Morgan fingerprint density at radius 3 is 2.57 bits per heavy atom. The van der Waals surface area contributed by atoms with Crippen molar-refractivity contribution < 1.29 is 14.3 Å².